The van der Waals surface area contributed by atoms with Gasteiger partial charge in [-0.25, -0.2) is 4.39 Å². The highest BCUT2D eigenvalue weighted by molar-refractivity contribution is 6.11. The van der Waals surface area contributed by atoms with Crippen LogP contribution in [-0.2, 0) is 6.54 Å². The number of carbonyl (C=O) groups is 1. The predicted molar refractivity (Wildman–Crippen MR) is 109 cm³/mol. The molecule has 0 saturated carbocycles. The Labute approximate surface area is 166 Å². The Morgan fingerprint density at radius 3 is 2.76 bits per heavy atom. The molecule has 3 heterocycles. The molecule has 2 N–H and O–H groups in total. The van der Waals surface area contributed by atoms with Crippen molar-refractivity contribution >= 4 is 22.5 Å². The summed E-state index contributed by atoms with van der Waals surface area (Å²) >= 11 is 0. The molecule has 0 atom stereocenters. The van der Waals surface area contributed by atoms with Gasteiger partial charge in [0, 0.05) is 36.1 Å². The molecule has 0 aliphatic carbocycles. The number of aromatic nitrogens is 4. The number of anilines is 1. The standard InChI is InChI=1S/C21H19FN6O/c1-28(2)12-13-7-15(10-24-9-13)14-3-4-18-16(8-14)20(27-26-18)21(29)25-19-11-23-6-5-17(19)22/h3-11H,12H2,1-2H3,(H,25,29)(H,26,27). The number of aromatic amines is 1. The minimum atomic E-state index is -0.558. The molecular weight excluding hydrogens is 371 g/mol. The van der Waals surface area contributed by atoms with E-state index in [1.165, 1.54) is 18.5 Å². The fraction of sp³-hybridized carbons (Fsp3) is 0.143. The Bertz CT molecular complexity index is 1190. The summed E-state index contributed by atoms with van der Waals surface area (Å²) in [4.78, 5) is 22.9. The Kier molecular flexibility index (Phi) is 5.01. The first-order valence-corrected chi connectivity index (χ1v) is 8.99. The molecule has 4 aromatic rings. The van der Waals surface area contributed by atoms with E-state index in [4.69, 9.17) is 0 Å². The number of halogens is 1. The fourth-order valence-corrected chi connectivity index (χ4v) is 3.11. The van der Waals surface area contributed by atoms with Crippen molar-refractivity contribution in [1.82, 2.24) is 25.1 Å². The molecule has 4 rings (SSSR count). The number of nitrogens with zero attached hydrogens (tertiary/aromatic N) is 4. The topological polar surface area (TPSA) is 86.8 Å². The molecule has 0 saturated heterocycles. The molecule has 29 heavy (non-hydrogen) atoms. The number of hydrogen-bond donors (Lipinski definition) is 2. The molecule has 0 aliphatic heterocycles. The third-order valence-corrected chi connectivity index (χ3v) is 4.42. The molecule has 0 spiro atoms. The van der Waals surface area contributed by atoms with E-state index >= 15 is 0 Å². The van der Waals surface area contributed by atoms with E-state index in [2.05, 4.69) is 36.4 Å². The Morgan fingerprint density at radius 2 is 1.97 bits per heavy atom. The highest BCUT2D eigenvalue weighted by atomic mass is 19.1. The lowest BCUT2D eigenvalue weighted by atomic mass is 10.0. The van der Waals surface area contributed by atoms with E-state index in [1.807, 2.05) is 38.5 Å². The molecule has 0 unspecified atom stereocenters. The van der Waals surface area contributed by atoms with Crippen LogP contribution in [0.15, 0.2) is 55.1 Å². The number of nitrogens with one attached hydrogen (secondary N) is 2. The number of rotatable bonds is 5. The SMILES string of the molecule is CN(C)Cc1cncc(-c2ccc3[nH]nc(C(=O)Nc4cnccc4F)c3c2)c1. The lowest BCUT2D eigenvalue weighted by Crippen LogP contribution is -2.14. The van der Waals surface area contributed by atoms with Crippen molar-refractivity contribution in [3.8, 4) is 11.1 Å². The average Bonchev–Trinajstić information content (AvgIpc) is 3.13. The minimum absolute atomic E-state index is 0.00499. The van der Waals surface area contributed by atoms with Gasteiger partial charge >= 0.3 is 0 Å². The van der Waals surface area contributed by atoms with Crippen molar-refractivity contribution in [3.63, 3.8) is 0 Å². The molecule has 7 nitrogen and oxygen atoms in total. The monoisotopic (exact) mass is 390 g/mol. The van der Waals surface area contributed by atoms with Crippen LogP contribution >= 0.6 is 0 Å². The lowest BCUT2D eigenvalue weighted by Gasteiger charge is -2.10. The summed E-state index contributed by atoms with van der Waals surface area (Å²) in [5, 5.41) is 10.1. The number of H-pyrrole nitrogens is 1. The minimum Gasteiger partial charge on any atom is -0.317 e. The maximum Gasteiger partial charge on any atom is 0.276 e. The van der Waals surface area contributed by atoms with E-state index in [9.17, 15) is 9.18 Å². The van der Waals surface area contributed by atoms with Crippen LogP contribution in [0.5, 0.6) is 0 Å². The van der Waals surface area contributed by atoms with Crippen molar-refractivity contribution in [2.24, 2.45) is 0 Å². The van der Waals surface area contributed by atoms with Gasteiger partial charge in [0.05, 0.1) is 17.4 Å². The van der Waals surface area contributed by atoms with E-state index in [0.717, 1.165) is 23.2 Å². The summed E-state index contributed by atoms with van der Waals surface area (Å²) in [5.41, 5.74) is 3.84. The smallest absolute Gasteiger partial charge is 0.276 e. The average molecular weight is 390 g/mol. The van der Waals surface area contributed by atoms with Crippen molar-refractivity contribution in [3.05, 3.63) is 72.2 Å². The van der Waals surface area contributed by atoms with Crippen LogP contribution in [-0.4, -0.2) is 45.1 Å². The summed E-state index contributed by atoms with van der Waals surface area (Å²) in [6.07, 6.45) is 6.20. The van der Waals surface area contributed by atoms with Crippen LogP contribution in [0.25, 0.3) is 22.0 Å². The molecule has 1 amide bonds. The summed E-state index contributed by atoms with van der Waals surface area (Å²) in [6, 6.07) is 8.93. The fourth-order valence-electron chi connectivity index (χ4n) is 3.11. The van der Waals surface area contributed by atoms with Gasteiger partial charge in [-0.3, -0.25) is 19.9 Å². The first kappa shape index (κ1) is 18.7. The molecule has 0 radical (unpaired) electrons. The van der Waals surface area contributed by atoms with E-state index in [1.54, 1.807) is 6.20 Å². The predicted octanol–water partition coefficient (Wildman–Crippen LogP) is 3.47. The molecule has 1 aromatic carbocycles. The van der Waals surface area contributed by atoms with Crippen LogP contribution in [0.1, 0.15) is 16.1 Å². The van der Waals surface area contributed by atoms with E-state index in [-0.39, 0.29) is 11.4 Å². The zero-order chi connectivity index (χ0) is 20.4. The number of pyridine rings is 2. The largest absolute Gasteiger partial charge is 0.317 e. The summed E-state index contributed by atoms with van der Waals surface area (Å²) in [7, 11) is 4.00. The summed E-state index contributed by atoms with van der Waals surface area (Å²) in [5.74, 6) is -1.07. The van der Waals surface area contributed by atoms with Crippen LogP contribution < -0.4 is 5.32 Å². The molecule has 146 valence electrons. The van der Waals surface area contributed by atoms with Gasteiger partial charge in [-0.2, -0.15) is 5.10 Å². The Hall–Kier alpha value is -3.65. The van der Waals surface area contributed by atoms with Crippen molar-refractivity contribution < 1.29 is 9.18 Å². The van der Waals surface area contributed by atoms with Crippen LogP contribution in [0, 0.1) is 5.82 Å². The van der Waals surface area contributed by atoms with Gasteiger partial charge in [0.2, 0.25) is 0 Å². The number of amides is 1. The second kappa shape index (κ2) is 7.76. The number of carbonyl (C=O) groups excluding carboxylic acids is 1. The van der Waals surface area contributed by atoms with Crippen LogP contribution in [0.4, 0.5) is 10.1 Å². The molecule has 0 fully saturated rings. The zero-order valence-corrected chi connectivity index (χ0v) is 16.0. The Balaban J connectivity index is 1.68. The summed E-state index contributed by atoms with van der Waals surface area (Å²) < 4.78 is 13.8. The van der Waals surface area contributed by atoms with E-state index in [0.29, 0.717) is 10.9 Å². The van der Waals surface area contributed by atoms with Gasteiger partial charge in [0.25, 0.3) is 5.91 Å². The third kappa shape index (κ3) is 3.97. The highest BCUT2D eigenvalue weighted by Gasteiger charge is 2.17. The van der Waals surface area contributed by atoms with Gasteiger partial charge in [-0.05, 0) is 49.5 Å². The van der Waals surface area contributed by atoms with Crippen molar-refractivity contribution in [2.45, 2.75) is 6.54 Å². The van der Waals surface area contributed by atoms with Crippen LogP contribution in [0.3, 0.4) is 0 Å². The molecular formula is C21H19FN6O. The van der Waals surface area contributed by atoms with E-state index < -0.39 is 11.7 Å². The van der Waals surface area contributed by atoms with Crippen molar-refractivity contribution in [2.75, 3.05) is 19.4 Å². The molecule has 8 heteroatoms. The molecule has 0 aliphatic rings. The maximum absolute atomic E-state index is 13.8. The number of benzene rings is 1. The second-order valence-corrected chi connectivity index (χ2v) is 6.96. The van der Waals surface area contributed by atoms with Gasteiger partial charge in [0.15, 0.2) is 5.69 Å². The maximum atomic E-state index is 13.8. The van der Waals surface area contributed by atoms with Gasteiger partial charge in [0.1, 0.15) is 5.82 Å². The highest BCUT2D eigenvalue weighted by Crippen LogP contribution is 2.26. The molecule has 3 aromatic heterocycles. The number of fused-ring (bicyclic) bond motifs is 1. The second-order valence-electron chi connectivity index (χ2n) is 6.96. The molecule has 0 bridgehead atoms. The Morgan fingerprint density at radius 1 is 1.10 bits per heavy atom. The summed E-state index contributed by atoms with van der Waals surface area (Å²) in [6.45, 7) is 0.777. The van der Waals surface area contributed by atoms with Gasteiger partial charge in [-0.1, -0.05) is 6.07 Å². The normalized spacial score (nSPS) is 11.2. The lowest BCUT2D eigenvalue weighted by molar-refractivity contribution is 0.102. The third-order valence-electron chi connectivity index (χ3n) is 4.42. The van der Waals surface area contributed by atoms with Gasteiger partial charge in [-0.15, -0.1) is 0 Å². The zero-order valence-electron chi connectivity index (χ0n) is 16.0. The van der Waals surface area contributed by atoms with Crippen molar-refractivity contribution in [1.29, 1.82) is 0 Å². The number of hydrogen-bond acceptors (Lipinski definition) is 5. The van der Waals surface area contributed by atoms with Gasteiger partial charge < -0.3 is 10.2 Å². The quantitative estimate of drug-likeness (QED) is 0.545. The first-order valence-electron chi connectivity index (χ1n) is 8.99. The first-order chi connectivity index (χ1) is 14.0. The van der Waals surface area contributed by atoms with Crippen LogP contribution in [0.2, 0.25) is 0 Å².